The average molecular weight is 241 g/mol. The number of hydrogen-bond acceptors (Lipinski definition) is 6. The molecule has 1 aromatic heterocycles. The molecule has 0 amide bonds. The first-order chi connectivity index (χ1) is 8.02. The van der Waals surface area contributed by atoms with E-state index in [4.69, 9.17) is 9.15 Å². The van der Waals surface area contributed by atoms with Crippen molar-refractivity contribution in [1.29, 1.82) is 0 Å². The van der Waals surface area contributed by atoms with Crippen LogP contribution in [0.3, 0.4) is 0 Å². The summed E-state index contributed by atoms with van der Waals surface area (Å²) in [5.74, 6) is 1.12. The summed E-state index contributed by atoms with van der Waals surface area (Å²) in [4.78, 5) is 11.5. The number of esters is 1. The largest absolute Gasteiger partial charge is 0.468 e. The molecule has 1 aromatic rings. The van der Waals surface area contributed by atoms with Crippen LogP contribution < -0.4 is 5.32 Å². The molecule has 0 spiro atoms. The molecule has 1 rings (SSSR count). The van der Waals surface area contributed by atoms with Gasteiger partial charge in [-0.2, -0.15) is 0 Å². The van der Waals surface area contributed by atoms with Crippen molar-refractivity contribution in [3.8, 4) is 0 Å². The zero-order valence-electron chi connectivity index (χ0n) is 10.7. The van der Waals surface area contributed by atoms with Crippen LogP contribution in [0.1, 0.15) is 32.0 Å². The van der Waals surface area contributed by atoms with E-state index in [2.05, 4.69) is 29.4 Å². The van der Waals surface area contributed by atoms with E-state index in [9.17, 15) is 4.79 Å². The fourth-order valence-electron chi connectivity index (χ4n) is 1.50. The van der Waals surface area contributed by atoms with Crippen LogP contribution >= 0.6 is 0 Å². The van der Waals surface area contributed by atoms with E-state index >= 15 is 0 Å². The fraction of sp³-hybridized carbons (Fsp3) is 0.727. The molecule has 6 heteroatoms. The Balaban J connectivity index is 2.51. The lowest BCUT2D eigenvalue weighted by Crippen LogP contribution is -2.38. The molecule has 0 aliphatic heterocycles. The molecule has 1 atom stereocenters. The molecule has 0 aromatic carbocycles. The summed E-state index contributed by atoms with van der Waals surface area (Å²) in [5, 5.41) is 10.6. The number of aromatic nitrogens is 2. The summed E-state index contributed by atoms with van der Waals surface area (Å²) < 4.78 is 9.95. The van der Waals surface area contributed by atoms with Gasteiger partial charge >= 0.3 is 5.97 Å². The van der Waals surface area contributed by atoms with Crippen LogP contribution in [0.2, 0.25) is 0 Å². The van der Waals surface area contributed by atoms with Crippen LogP contribution in [0.25, 0.3) is 0 Å². The van der Waals surface area contributed by atoms with Gasteiger partial charge in [0.2, 0.25) is 11.8 Å². The van der Waals surface area contributed by atoms with Crippen molar-refractivity contribution in [3.05, 3.63) is 11.8 Å². The first-order valence-corrected chi connectivity index (χ1v) is 5.63. The third kappa shape index (κ3) is 4.52. The lowest BCUT2D eigenvalue weighted by Gasteiger charge is -2.17. The van der Waals surface area contributed by atoms with Gasteiger partial charge in [0.25, 0.3) is 0 Å². The van der Waals surface area contributed by atoms with E-state index in [1.165, 1.54) is 7.11 Å². The second-order valence-corrected chi connectivity index (χ2v) is 4.30. The van der Waals surface area contributed by atoms with Crippen molar-refractivity contribution >= 4 is 5.97 Å². The number of aryl methyl sites for hydroxylation is 1. The number of carbonyl (C=O) groups is 1. The van der Waals surface area contributed by atoms with Crippen molar-refractivity contribution in [2.45, 2.75) is 39.8 Å². The van der Waals surface area contributed by atoms with Gasteiger partial charge in [-0.15, -0.1) is 10.2 Å². The number of nitrogens with one attached hydrogen (secondary N) is 1. The van der Waals surface area contributed by atoms with Gasteiger partial charge in [-0.05, 0) is 12.3 Å². The van der Waals surface area contributed by atoms with E-state index in [1.807, 2.05) is 0 Å². The predicted octanol–water partition coefficient (Wildman–Crippen LogP) is 1.06. The maximum atomic E-state index is 11.5. The van der Waals surface area contributed by atoms with Gasteiger partial charge in [0.05, 0.1) is 13.7 Å². The molecule has 0 fully saturated rings. The maximum Gasteiger partial charge on any atom is 0.322 e. The van der Waals surface area contributed by atoms with E-state index in [0.717, 1.165) is 0 Å². The van der Waals surface area contributed by atoms with E-state index < -0.39 is 0 Å². The van der Waals surface area contributed by atoms with Crippen molar-refractivity contribution in [3.63, 3.8) is 0 Å². The lowest BCUT2D eigenvalue weighted by atomic mass is 10.0. The monoisotopic (exact) mass is 241 g/mol. The predicted molar refractivity (Wildman–Crippen MR) is 61.1 cm³/mol. The van der Waals surface area contributed by atoms with Crippen LogP contribution in [0.4, 0.5) is 0 Å². The topological polar surface area (TPSA) is 77.2 Å². The molecule has 1 N–H and O–H groups in total. The van der Waals surface area contributed by atoms with E-state index in [1.54, 1.807) is 6.92 Å². The lowest BCUT2D eigenvalue weighted by molar-refractivity contribution is -0.143. The zero-order valence-corrected chi connectivity index (χ0v) is 10.7. The zero-order chi connectivity index (χ0) is 12.8. The van der Waals surface area contributed by atoms with Gasteiger partial charge in [-0.1, -0.05) is 13.8 Å². The van der Waals surface area contributed by atoms with Gasteiger partial charge in [-0.3, -0.25) is 10.1 Å². The molecule has 0 aliphatic rings. The summed E-state index contributed by atoms with van der Waals surface area (Å²) in [7, 11) is 1.38. The Morgan fingerprint density at radius 1 is 1.47 bits per heavy atom. The Morgan fingerprint density at radius 2 is 2.18 bits per heavy atom. The van der Waals surface area contributed by atoms with E-state index in [0.29, 0.717) is 30.7 Å². The second-order valence-electron chi connectivity index (χ2n) is 4.30. The summed E-state index contributed by atoms with van der Waals surface area (Å²) >= 11 is 0. The number of nitrogens with zero attached hydrogens (tertiary/aromatic N) is 2. The molecule has 0 radical (unpaired) electrons. The summed E-state index contributed by atoms with van der Waals surface area (Å²) in [6.07, 6.45) is 0.708. The van der Waals surface area contributed by atoms with Crippen LogP contribution in [-0.4, -0.2) is 29.3 Å². The third-order valence-corrected chi connectivity index (χ3v) is 2.26. The minimum atomic E-state index is -0.341. The highest BCUT2D eigenvalue weighted by atomic mass is 16.5. The number of methoxy groups -OCH3 is 1. The SMILES string of the molecule is COC(=O)C(CC(C)C)NCc1nnc(C)o1. The Morgan fingerprint density at radius 3 is 2.65 bits per heavy atom. The van der Waals surface area contributed by atoms with E-state index in [-0.39, 0.29) is 12.0 Å². The van der Waals surface area contributed by atoms with Crippen LogP contribution in [0.15, 0.2) is 4.42 Å². The number of hydrogen-bond donors (Lipinski definition) is 1. The standard InChI is InChI=1S/C11H19N3O3/c1-7(2)5-9(11(15)16-4)12-6-10-14-13-8(3)17-10/h7,9,12H,5-6H2,1-4H3. The summed E-state index contributed by atoms with van der Waals surface area (Å²) in [6.45, 7) is 6.19. The second kappa shape index (κ2) is 6.34. The highest BCUT2D eigenvalue weighted by Crippen LogP contribution is 2.07. The highest BCUT2D eigenvalue weighted by molar-refractivity contribution is 5.75. The Hall–Kier alpha value is -1.43. The quantitative estimate of drug-likeness (QED) is 0.750. The molecule has 6 nitrogen and oxygen atoms in total. The first kappa shape index (κ1) is 13.6. The van der Waals surface area contributed by atoms with Crippen molar-refractivity contribution < 1.29 is 13.9 Å². The number of rotatable bonds is 6. The van der Waals surface area contributed by atoms with Gasteiger partial charge < -0.3 is 9.15 Å². The van der Waals surface area contributed by atoms with Crippen LogP contribution in [0, 0.1) is 12.8 Å². The normalized spacial score (nSPS) is 12.8. The number of carbonyl (C=O) groups excluding carboxylic acids is 1. The van der Waals surface area contributed by atoms with Crippen molar-refractivity contribution in [2.75, 3.05) is 7.11 Å². The van der Waals surface area contributed by atoms with Crippen LogP contribution in [0.5, 0.6) is 0 Å². The highest BCUT2D eigenvalue weighted by Gasteiger charge is 2.20. The third-order valence-electron chi connectivity index (χ3n) is 2.26. The summed E-state index contributed by atoms with van der Waals surface area (Å²) in [6, 6.07) is -0.341. The molecule has 96 valence electrons. The Kier molecular flexibility index (Phi) is 5.09. The molecule has 1 unspecified atom stereocenters. The first-order valence-electron chi connectivity index (χ1n) is 5.63. The minimum absolute atomic E-state index is 0.269. The van der Waals surface area contributed by atoms with Crippen molar-refractivity contribution in [1.82, 2.24) is 15.5 Å². The molecule has 17 heavy (non-hydrogen) atoms. The molecule has 0 bridgehead atoms. The maximum absolute atomic E-state index is 11.5. The van der Waals surface area contributed by atoms with Gasteiger partial charge in [0, 0.05) is 6.92 Å². The fourth-order valence-corrected chi connectivity index (χ4v) is 1.50. The Bertz CT molecular complexity index is 363. The average Bonchev–Trinajstić information content (AvgIpc) is 2.68. The number of ether oxygens (including phenoxy) is 1. The molecular weight excluding hydrogens is 222 g/mol. The molecule has 0 saturated carbocycles. The molecule has 0 aliphatic carbocycles. The molecule has 0 saturated heterocycles. The van der Waals surface area contributed by atoms with Gasteiger partial charge in [0.1, 0.15) is 6.04 Å². The summed E-state index contributed by atoms with van der Waals surface area (Å²) in [5.41, 5.74) is 0. The van der Waals surface area contributed by atoms with Crippen molar-refractivity contribution in [2.24, 2.45) is 5.92 Å². The van der Waals surface area contributed by atoms with Gasteiger partial charge in [0.15, 0.2) is 0 Å². The smallest absolute Gasteiger partial charge is 0.322 e. The van der Waals surface area contributed by atoms with Crippen LogP contribution in [-0.2, 0) is 16.1 Å². The minimum Gasteiger partial charge on any atom is -0.468 e. The Labute approximate surface area is 101 Å². The molecule has 1 heterocycles. The molecular formula is C11H19N3O3. The van der Waals surface area contributed by atoms with Gasteiger partial charge in [-0.25, -0.2) is 0 Å².